The van der Waals surface area contributed by atoms with Gasteiger partial charge in [0.2, 0.25) is 0 Å². The second-order valence-electron chi connectivity index (χ2n) is 3.91. The Hall–Kier alpha value is -0.830. The molecule has 0 bridgehead atoms. The third-order valence-corrected chi connectivity index (χ3v) is 2.82. The molecule has 2 N–H and O–H groups in total. The van der Waals surface area contributed by atoms with E-state index in [4.69, 9.17) is 0 Å². The molecule has 3 heteroatoms. The fraction of sp³-hybridized carbons (Fsp3) is 0.727. The zero-order chi connectivity index (χ0) is 10.4. The summed E-state index contributed by atoms with van der Waals surface area (Å²) in [5.41, 5.74) is 0. The minimum atomic E-state index is 0.0738. The molecule has 80 valence electrons. The largest absolute Gasteiger partial charge is 0.387 e. The lowest BCUT2D eigenvalue weighted by molar-refractivity contribution is -0.111. The van der Waals surface area contributed by atoms with Crippen molar-refractivity contribution in [1.29, 1.82) is 0 Å². The van der Waals surface area contributed by atoms with E-state index in [9.17, 15) is 4.79 Å². The van der Waals surface area contributed by atoms with Gasteiger partial charge in [-0.15, -0.1) is 0 Å². The molecule has 1 heterocycles. The van der Waals surface area contributed by atoms with Crippen molar-refractivity contribution < 1.29 is 4.79 Å². The molecule has 0 saturated carbocycles. The van der Waals surface area contributed by atoms with Crippen LogP contribution < -0.4 is 10.6 Å². The Balaban J connectivity index is 2.38. The number of carbonyl (C=O) groups is 1. The summed E-state index contributed by atoms with van der Waals surface area (Å²) in [6.45, 7) is 6.25. The molecule has 0 radical (unpaired) electrons. The van der Waals surface area contributed by atoms with Crippen molar-refractivity contribution >= 4 is 6.29 Å². The zero-order valence-corrected chi connectivity index (χ0v) is 8.99. The molecule has 0 spiro atoms. The third kappa shape index (κ3) is 2.84. The smallest absolute Gasteiger partial charge is 0.127 e. The van der Waals surface area contributed by atoms with E-state index in [1.807, 2.05) is 12.3 Å². The van der Waals surface area contributed by atoms with Gasteiger partial charge in [0, 0.05) is 18.5 Å². The number of hydrogen-bond acceptors (Lipinski definition) is 3. The monoisotopic (exact) mass is 196 g/mol. The van der Waals surface area contributed by atoms with Gasteiger partial charge in [0.1, 0.15) is 6.29 Å². The normalized spacial score (nSPS) is 31.1. The molecule has 0 aromatic carbocycles. The van der Waals surface area contributed by atoms with E-state index in [0.717, 1.165) is 25.8 Å². The Morgan fingerprint density at radius 2 is 2.36 bits per heavy atom. The van der Waals surface area contributed by atoms with E-state index in [1.54, 1.807) is 0 Å². The second kappa shape index (κ2) is 5.81. The van der Waals surface area contributed by atoms with Crippen molar-refractivity contribution in [1.82, 2.24) is 10.6 Å². The third-order valence-electron chi connectivity index (χ3n) is 2.82. The van der Waals surface area contributed by atoms with Crippen LogP contribution in [0.4, 0.5) is 0 Å². The first-order chi connectivity index (χ1) is 6.79. The van der Waals surface area contributed by atoms with Crippen molar-refractivity contribution in [2.24, 2.45) is 11.8 Å². The molecule has 3 atom stereocenters. The number of aldehydes is 1. The first-order valence-corrected chi connectivity index (χ1v) is 5.38. The SMILES string of the molecule is CCCNCC1NC=CC(C=O)C1C. The van der Waals surface area contributed by atoms with Crippen LogP contribution in [-0.2, 0) is 4.79 Å². The Kier molecular flexibility index (Phi) is 4.66. The molecule has 0 aromatic heterocycles. The van der Waals surface area contributed by atoms with Crippen molar-refractivity contribution in [2.45, 2.75) is 26.3 Å². The van der Waals surface area contributed by atoms with Crippen LogP contribution in [0.3, 0.4) is 0 Å². The van der Waals surface area contributed by atoms with E-state index in [-0.39, 0.29) is 5.92 Å². The Labute approximate surface area is 86.0 Å². The molecule has 1 aliphatic heterocycles. The standard InChI is InChI=1S/C11H20N2O/c1-3-5-12-7-11-9(2)10(8-14)4-6-13-11/h4,6,8-13H,3,5,7H2,1-2H3. The number of allylic oxidation sites excluding steroid dienone is 1. The Bertz CT molecular complexity index is 203. The maximum absolute atomic E-state index is 10.7. The van der Waals surface area contributed by atoms with Gasteiger partial charge >= 0.3 is 0 Å². The molecule has 0 amide bonds. The lowest BCUT2D eigenvalue weighted by atomic mass is 9.86. The predicted octanol–water partition coefficient (Wildman–Crippen LogP) is 0.923. The van der Waals surface area contributed by atoms with E-state index >= 15 is 0 Å². The van der Waals surface area contributed by atoms with Gasteiger partial charge in [-0.1, -0.05) is 19.9 Å². The molecule has 0 fully saturated rings. The molecule has 1 rings (SSSR count). The van der Waals surface area contributed by atoms with Gasteiger partial charge in [0.25, 0.3) is 0 Å². The quantitative estimate of drug-likeness (QED) is 0.507. The van der Waals surface area contributed by atoms with E-state index in [1.165, 1.54) is 0 Å². The molecule has 1 aliphatic rings. The van der Waals surface area contributed by atoms with Crippen LogP contribution >= 0.6 is 0 Å². The average Bonchev–Trinajstić information content (AvgIpc) is 2.21. The van der Waals surface area contributed by atoms with Crippen LogP contribution in [0, 0.1) is 11.8 Å². The van der Waals surface area contributed by atoms with Crippen LogP contribution in [0.25, 0.3) is 0 Å². The van der Waals surface area contributed by atoms with E-state index < -0.39 is 0 Å². The summed E-state index contributed by atoms with van der Waals surface area (Å²) < 4.78 is 0. The fourth-order valence-corrected chi connectivity index (χ4v) is 1.73. The van der Waals surface area contributed by atoms with Gasteiger partial charge in [-0.3, -0.25) is 0 Å². The van der Waals surface area contributed by atoms with Crippen LogP contribution in [0.2, 0.25) is 0 Å². The van der Waals surface area contributed by atoms with Gasteiger partial charge in [-0.25, -0.2) is 0 Å². The highest BCUT2D eigenvalue weighted by Gasteiger charge is 2.25. The number of hydrogen-bond donors (Lipinski definition) is 2. The molecule has 3 unspecified atom stereocenters. The van der Waals surface area contributed by atoms with E-state index in [2.05, 4.69) is 24.5 Å². The average molecular weight is 196 g/mol. The molecular weight excluding hydrogens is 176 g/mol. The summed E-state index contributed by atoms with van der Waals surface area (Å²) >= 11 is 0. The van der Waals surface area contributed by atoms with Gasteiger partial charge in [-0.05, 0) is 25.1 Å². The number of carbonyl (C=O) groups excluding carboxylic acids is 1. The molecule has 0 aromatic rings. The maximum atomic E-state index is 10.7. The number of nitrogens with one attached hydrogen (secondary N) is 2. The summed E-state index contributed by atoms with van der Waals surface area (Å²) in [4.78, 5) is 10.7. The minimum Gasteiger partial charge on any atom is -0.387 e. The molecule has 3 nitrogen and oxygen atoms in total. The Morgan fingerprint density at radius 3 is 3.00 bits per heavy atom. The minimum absolute atomic E-state index is 0.0738. The van der Waals surface area contributed by atoms with Crippen LogP contribution in [-0.4, -0.2) is 25.4 Å². The van der Waals surface area contributed by atoms with Crippen LogP contribution in [0.1, 0.15) is 20.3 Å². The van der Waals surface area contributed by atoms with Gasteiger partial charge < -0.3 is 15.4 Å². The fourth-order valence-electron chi connectivity index (χ4n) is 1.73. The van der Waals surface area contributed by atoms with Crippen molar-refractivity contribution in [3.63, 3.8) is 0 Å². The summed E-state index contributed by atoms with van der Waals surface area (Å²) in [6, 6.07) is 0.377. The van der Waals surface area contributed by atoms with Crippen molar-refractivity contribution in [2.75, 3.05) is 13.1 Å². The van der Waals surface area contributed by atoms with E-state index in [0.29, 0.717) is 12.0 Å². The van der Waals surface area contributed by atoms with Crippen molar-refractivity contribution in [3.8, 4) is 0 Å². The summed E-state index contributed by atoms with van der Waals surface area (Å²) in [6.07, 6.45) is 6.02. The van der Waals surface area contributed by atoms with Gasteiger partial charge in [0.05, 0.1) is 0 Å². The highest BCUT2D eigenvalue weighted by Crippen LogP contribution is 2.18. The van der Waals surface area contributed by atoms with Crippen molar-refractivity contribution in [3.05, 3.63) is 12.3 Å². The van der Waals surface area contributed by atoms with Gasteiger partial charge in [-0.2, -0.15) is 0 Å². The highest BCUT2D eigenvalue weighted by atomic mass is 16.1. The summed E-state index contributed by atoms with van der Waals surface area (Å²) in [7, 11) is 0. The molecule has 14 heavy (non-hydrogen) atoms. The first kappa shape index (κ1) is 11.2. The maximum Gasteiger partial charge on any atom is 0.127 e. The lowest BCUT2D eigenvalue weighted by Gasteiger charge is -2.31. The summed E-state index contributed by atoms with van der Waals surface area (Å²) in [5, 5.41) is 6.66. The number of rotatable bonds is 5. The molecular formula is C11H20N2O. The Morgan fingerprint density at radius 1 is 1.57 bits per heavy atom. The second-order valence-corrected chi connectivity index (χ2v) is 3.91. The predicted molar refractivity (Wildman–Crippen MR) is 57.9 cm³/mol. The van der Waals surface area contributed by atoms with Crippen LogP contribution in [0.15, 0.2) is 12.3 Å². The topological polar surface area (TPSA) is 41.1 Å². The highest BCUT2D eigenvalue weighted by molar-refractivity contribution is 5.57. The lowest BCUT2D eigenvalue weighted by Crippen LogP contribution is -2.45. The first-order valence-electron chi connectivity index (χ1n) is 5.38. The molecule has 0 aliphatic carbocycles. The van der Waals surface area contributed by atoms with Gasteiger partial charge in [0.15, 0.2) is 0 Å². The zero-order valence-electron chi connectivity index (χ0n) is 8.99. The summed E-state index contributed by atoms with van der Waals surface area (Å²) in [5.74, 6) is 0.450. The van der Waals surface area contributed by atoms with Crippen LogP contribution in [0.5, 0.6) is 0 Å². The molecule has 0 saturated heterocycles.